The van der Waals surface area contributed by atoms with Gasteiger partial charge in [0.1, 0.15) is 0 Å². The van der Waals surface area contributed by atoms with Gasteiger partial charge in [-0.3, -0.25) is 4.99 Å². The molecule has 0 amide bonds. The molecule has 1 aliphatic rings. The molecule has 0 spiro atoms. The summed E-state index contributed by atoms with van der Waals surface area (Å²) in [6, 6.07) is 4.51. The molecule has 2 atom stereocenters. The van der Waals surface area contributed by atoms with E-state index in [9.17, 15) is 0 Å². The van der Waals surface area contributed by atoms with E-state index in [0.29, 0.717) is 25.1 Å². The molecule has 2 unspecified atom stereocenters. The number of nitrogens with one attached hydrogen (secondary N) is 2. The number of guanidine groups is 1. The molecule has 20 heavy (non-hydrogen) atoms. The molecule has 0 aliphatic heterocycles. The Morgan fingerprint density at radius 1 is 1.55 bits per heavy atom. The van der Waals surface area contributed by atoms with Gasteiger partial charge in [-0.2, -0.15) is 0 Å². The number of aromatic nitrogens is 1. The van der Waals surface area contributed by atoms with Gasteiger partial charge in [0.05, 0.1) is 6.61 Å². The molecule has 0 saturated heterocycles. The monoisotopic (exact) mass is 276 g/mol. The summed E-state index contributed by atoms with van der Waals surface area (Å²) < 4.78 is 5.65. The molecule has 1 fully saturated rings. The standard InChI is InChI=1S/C15H24N4O/c1-4-8-20-14-12(6-5-7-17-14)10-18-15(16-3)19-13-9-11(13)2/h5-7,11,13H,4,8-10H2,1-3H3,(H2,16,18,19). The van der Waals surface area contributed by atoms with E-state index in [1.54, 1.807) is 13.2 Å². The molecule has 0 radical (unpaired) electrons. The highest BCUT2D eigenvalue weighted by molar-refractivity contribution is 5.80. The predicted octanol–water partition coefficient (Wildman–Crippen LogP) is 1.94. The average Bonchev–Trinajstić information content (AvgIpc) is 3.17. The first-order valence-corrected chi connectivity index (χ1v) is 7.28. The maximum Gasteiger partial charge on any atom is 0.218 e. The van der Waals surface area contributed by atoms with Crippen LogP contribution in [0.3, 0.4) is 0 Å². The average molecular weight is 276 g/mol. The third-order valence-corrected chi connectivity index (χ3v) is 3.39. The first kappa shape index (κ1) is 14.6. The van der Waals surface area contributed by atoms with Crippen LogP contribution in [-0.4, -0.2) is 30.6 Å². The zero-order valence-electron chi connectivity index (χ0n) is 12.5. The molecule has 2 rings (SSSR count). The zero-order valence-corrected chi connectivity index (χ0v) is 12.5. The van der Waals surface area contributed by atoms with E-state index in [-0.39, 0.29) is 0 Å². The quantitative estimate of drug-likeness (QED) is 0.616. The summed E-state index contributed by atoms with van der Waals surface area (Å²) in [5, 5.41) is 6.71. The Morgan fingerprint density at radius 3 is 3.00 bits per heavy atom. The summed E-state index contributed by atoms with van der Waals surface area (Å²) in [4.78, 5) is 8.53. The van der Waals surface area contributed by atoms with E-state index < -0.39 is 0 Å². The molecule has 110 valence electrons. The van der Waals surface area contributed by atoms with E-state index in [1.165, 1.54) is 6.42 Å². The van der Waals surface area contributed by atoms with Gasteiger partial charge in [-0.15, -0.1) is 0 Å². The number of hydrogen-bond donors (Lipinski definition) is 2. The van der Waals surface area contributed by atoms with Gasteiger partial charge in [-0.1, -0.05) is 19.9 Å². The fourth-order valence-corrected chi connectivity index (χ4v) is 1.96. The van der Waals surface area contributed by atoms with Gasteiger partial charge in [0.2, 0.25) is 5.88 Å². The number of pyridine rings is 1. The van der Waals surface area contributed by atoms with Crippen LogP contribution in [0.25, 0.3) is 0 Å². The third-order valence-electron chi connectivity index (χ3n) is 3.39. The molecule has 1 aromatic heterocycles. The molecule has 1 heterocycles. The van der Waals surface area contributed by atoms with Gasteiger partial charge in [-0.05, 0) is 24.8 Å². The van der Waals surface area contributed by atoms with Gasteiger partial charge in [0.15, 0.2) is 5.96 Å². The lowest BCUT2D eigenvalue weighted by molar-refractivity contribution is 0.301. The summed E-state index contributed by atoms with van der Waals surface area (Å²) in [6.45, 7) is 5.68. The molecule has 2 N–H and O–H groups in total. The van der Waals surface area contributed by atoms with E-state index >= 15 is 0 Å². The summed E-state index contributed by atoms with van der Waals surface area (Å²) in [5.74, 6) is 2.29. The summed E-state index contributed by atoms with van der Waals surface area (Å²) in [7, 11) is 1.79. The van der Waals surface area contributed by atoms with Crippen molar-refractivity contribution < 1.29 is 4.74 Å². The van der Waals surface area contributed by atoms with Crippen LogP contribution in [0.4, 0.5) is 0 Å². The van der Waals surface area contributed by atoms with Crippen molar-refractivity contribution in [3.05, 3.63) is 23.9 Å². The highest BCUT2D eigenvalue weighted by atomic mass is 16.5. The minimum Gasteiger partial charge on any atom is -0.477 e. The Morgan fingerprint density at radius 2 is 2.35 bits per heavy atom. The lowest BCUT2D eigenvalue weighted by Crippen LogP contribution is -2.38. The minimum absolute atomic E-state index is 0.561. The summed E-state index contributed by atoms with van der Waals surface area (Å²) in [6.07, 6.45) is 3.96. The van der Waals surface area contributed by atoms with Gasteiger partial charge >= 0.3 is 0 Å². The minimum atomic E-state index is 0.561. The number of aliphatic imine (C=N–C) groups is 1. The van der Waals surface area contributed by atoms with Crippen LogP contribution in [0.5, 0.6) is 5.88 Å². The van der Waals surface area contributed by atoms with Crippen LogP contribution in [-0.2, 0) is 6.54 Å². The zero-order chi connectivity index (χ0) is 14.4. The SMILES string of the molecule is CCCOc1ncccc1CNC(=NC)NC1CC1C. The van der Waals surface area contributed by atoms with Crippen LogP contribution in [0.2, 0.25) is 0 Å². The van der Waals surface area contributed by atoms with E-state index in [1.807, 2.05) is 12.1 Å². The number of rotatable bonds is 6. The fraction of sp³-hybridized carbons (Fsp3) is 0.600. The lowest BCUT2D eigenvalue weighted by Gasteiger charge is -2.13. The maximum absolute atomic E-state index is 5.65. The van der Waals surface area contributed by atoms with Crippen LogP contribution in [0.15, 0.2) is 23.3 Å². The van der Waals surface area contributed by atoms with Crippen LogP contribution < -0.4 is 15.4 Å². The second kappa shape index (κ2) is 7.12. The maximum atomic E-state index is 5.65. The highest BCUT2D eigenvalue weighted by Gasteiger charge is 2.33. The summed E-state index contributed by atoms with van der Waals surface area (Å²) in [5.41, 5.74) is 1.05. The van der Waals surface area contributed by atoms with E-state index in [2.05, 4.69) is 34.5 Å². The lowest BCUT2D eigenvalue weighted by atomic mass is 10.2. The van der Waals surface area contributed by atoms with Crippen LogP contribution >= 0.6 is 0 Å². The first-order valence-electron chi connectivity index (χ1n) is 7.28. The smallest absolute Gasteiger partial charge is 0.218 e. The molecule has 0 aromatic carbocycles. The Bertz CT molecular complexity index is 461. The highest BCUT2D eigenvalue weighted by Crippen LogP contribution is 2.28. The van der Waals surface area contributed by atoms with Crippen molar-refractivity contribution in [3.8, 4) is 5.88 Å². The Balaban J connectivity index is 1.88. The molecule has 1 aromatic rings. The van der Waals surface area contributed by atoms with Crippen molar-refractivity contribution >= 4 is 5.96 Å². The Hall–Kier alpha value is -1.78. The largest absolute Gasteiger partial charge is 0.477 e. The van der Waals surface area contributed by atoms with Crippen molar-refractivity contribution in [3.63, 3.8) is 0 Å². The van der Waals surface area contributed by atoms with Crippen LogP contribution in [0, 0.1) is 5.92 Å². The third kappa shape index (κ3) is 4.11. The Kier molecular flexibility index (Phi) is 5.21. The molecule has 5 nitrogen and oxygen atoms in total. The van der Waals surface area contributed by atoms with Crippen molar-refractivity contribution in [1.29, 1.82) is 0 Å². The number of nitrogens with zero attached hydrogens (tertiary/aromatic N) is 2. The van der Waals surface area contributed by atoms with Crippen LogP contribution in [0.1, 0.15) is 32.3 Å². The second-order valence-electron chi connectivity index (χ2n) is 5.21. The molecule has 1 aliphatic carbocycles. The topological polar surface area (TPSA) is 58.5 Å². The normalized spacial score (nSPS) is 21.4. The van der Waals surface area contributed by atoms with Gasteiger partial charge in [-0.25, -0.2) is 4.98 Å². The van der Waals surface area contributed by atoms with Crippen molar-refractivity contribution in [1.82, 2.24) is 15.6 Å². The predicted molar refractivity (Wildman–Crippen MR) is 80.9 cm³/mol. The van der Waals surface area contributed by atoms with Crippen molar-refractivity contribution in [2.45, 2.75) is 39.3 Å². The second-order valence-corrected chi connectivity index (χ2v) is 5.21. The fourth-order valence-electron chi connectivity index (χ4n) is 1.96. The Labute approximate surface area is 120 Å². The van der Waals surface area contributed by atoms with Gasteiger partial charge in [0.25, 0.3) is 0 Å². The van der Waals surface area contributed by atoms with Crippen molar-refractivity contribution in [2.24, 2.45) is 10.9 Å². The van der Waals surface area contributed by atoms with E-state index in [4.69, 9.17) is 4.74 Å². The van der Waals surface area contributed by atoms with Crippen molar-refractivity contribution in [2.75, 3.05) is 13.7 Å². The van der Waals surface area contributed by atoms with E-state index in [0.717, 1.165) is 23.9 Å². The molecular weight excluding hydrogens is 252 g/mol. The number of ether oxygens (including phenoxy) is 1. The first-order chi connectivity index (χ1) is 9.74. The molecular formula is C15H24N4O. The van der Waals surface area contributed by atoms with Gasteiger partial charge < -0.3 is 15.4 Å². The van der Waals surface area contributed by atoms with Gasteiger partial charge in [0, 0.05) is 31.4 Å². The molecule has 1 saturated carbocycles. The summed E-state index contributed by atoms with van der Waals surface area (Å²) >= 11 is 0. The molecule has 0 bridgehead atoms. The molecule has 5 heteroatoms. The number of hydrogen-bond acceptors (Lipinski definition) is 3.